The van der Waals surface area contributed by atoms with E-state index >= 15 is 0 Å². The van der Waals surface area contributed by atoms with Gasteiger partial charge >= 0.3 is 5.97 Å². The summed E-state index contributed by atoms with van der Waals surface area (Å²) in [6, 6.07) is 0. The fraction of sp³-hybridized carbons (Fsp3) is 0.154. The second kappa shape index (κ2) is 7.43. The molecule has 3 N–H and O–H groups in total. The lowest BCUT2D eigenvalue weighted by Gasteiger charge is -1.99. The third kappa shape index (κ3) is 4.57. The summed E-state index contributed by atoms with van der Waals surface area (Å²) in [6.45, 7) is 2.96. The number of carboxylic acids is 1. The Balaban J connectivity index is 0.000000330. The highest BCUT2D eigenvalue weighted by Crippen LogP contribution is 2.25. The second-order valence-corrected chi connectivity index (χ2v) is 3.19. The monoisotopic (exact) mass is 220 g/mol. The molecule has 0 heterocycles. The number of allylic oxidation sites excluding steroid dienone is 8. The van der Waals surface area contributed by atoms with Crippen molar-refractivity contribution in [3.8, 4) is 0 Å². The fourth-order valence-electron chi connectivity index (χ4n) is 1.37. The zero-order valence-corrected chi connectivity index (χ0v) is 9.02. The van der Waals surface area contributed by atoms with Crippen LogP contribution >= 0.6 is 0 Å². The summed E-state index contributed by atoms with van der Waals surface area (Å²) in [5.74, 6) is -0.981. The van der Waals surface area contributed by atoms with E-state index in [-0.39, 0.29) is 5.48 Å². The van der Waals surface area contributed by atoms with E-state index in [0.29, 0.717) is 0 Å². The molecule has 0 saturated carbocycles. The van der Waals surface area contributed by atoms with Crippen LogP contribution in [-0.2, 0) is 4.79 Å². The normalized spacial score (nSPS) is 15.5. The van der Waals surface area contributed by atoms with Gasteiger partial charge < -0.3 is 10.6 Å². The van der Waals surface area contributed by atoms with Crippen LogP contribution in [0.5, 0.6) is 0 Å². The summed E-state index contributed by atoms with van der Waals surface area (Å²) in [4.78, 5) is 9.25. The van der Waals surface area contributed by atoms with Gasteiger partial charge in [0.2, 0.25) is 0 Å². The molecule has 0 bridgehead atoms. The van der Waals surface area contributed by atoms with E-state index in [2.05, 4.69) is 43.0 Å². The molecule has 0 saturated heterocycles. The van der Waals surface area contributed by atoms with Crippen molar-refractivity contribution in [2.75, 3.05) is 0 Å². The van der Waals surface area contributed by atoms with Crippen molar-refractivity contribution in [1.82, 2.24) is 0 Å². The highest BCUT2D eigenvalue weighted by Gasteiger charge is 2.05. The van der Waals surface area contributed by atoms with E-state index in [1.165, 1.54) is 11.1 Å². The highest BCUT2D eigenvalue weighted by molar-refractivity contribution is 5.78. The van der Waals surface area contributed by atoms with E-state index < -0.39 is 5.97 Å². The molecule has 2 aliphatic carbocycles. The first-order valence-electron chi connectivity index (χ1n) is 4.81. The maximum atomic E-state index is 9.25. The van der Waals surface area contributed by atoms with Gasteiger partial charge in [0.25, 0.3) is 0 Å². The topological polar surface area (TPSA) is 68.8 Å². The summed E-state index contributed by atoms with van der Waals surface area (Å²) in [6.07, 6.45) is 16.2. The Hall–Kier alpha value is -1.87. The predicted octanol–water partition coefficient (Wildman–Crippen LogP) is 2.19. The number of rotatable bonds is 2. The molecule has 0 amide bonds. The van der Waals surface area contributed by atoms with Crippen molar-refractivity contribution in [3.63, 3.8) is 0 Å². The van der Waals surface area contributed by atoms with Crippen LogP contribution in [0.25, 0.3) is 0 Å². The number of carbonyl (C=O) groups is 1. The third-order valence-electron chi connectivity index (χ3n) is 2.13. The van der Waals surface area contributed by atoms with Crippen LogP contribution in [-0.4, -0.2) is 16.6 Å². The molecule has 86 valence electrons. The fourth-order valence-corrected chi connectivity index (χ4v) is 1.37. The van der Waals surface area contributed by atoms with Crippen LogP contribution in [0.15, 0.2) is 60.3 Å². The van der Waals surface area contributed by atoms with E-state index in [4.69, 9.17) is 5.11 Å². The molecular formula is C13H16O3. The Morgan fingerprint density at radius 3 is 1.75 bits per heavy atom. The quantitative estimate of drug-likeness (QED) is 0.725. The molecule has 3 heteroatoms. The van der Waals surface area contributed by atoms with E-state index in [1.807, 2.05) is 0 Å². The van der Waals surface area contributed by atoms with E-state index in [9.17, 15) is 4.79 Å². The first-order valence-corrected chi connectivity index (χ1v) is 4.81. The van der Waals surface area contributed by atoms with E-state index in [0.717, 1.165) is 18.9 Å². The van der Waals surface area contributed by atoms with Gasteiger partial charge in [0.05, 0.1) is 0 Å². The van der Waals surface area contributed by atoms with Gasteiger partial charge in [0.15, 0.2) is 0 Å². The first-order chi connectivity index (χ1) is 7.24. The lowest BCUT2D eigenvalue weighted by atomic mass is 10.1. The van der Waals surface area contributed by atoms with Crippen LogP contribution in [0.4, 0.5) is 0 Å². The van der Waals surface area contributed by atoms with Gasteiger partial charge in [0, 0.05) is 6.08 Å². The van der Waals surface area contributed by atoms with Crippen LogP contribution in [0.2, 0.25) is 0 Å². The van der Waals surface area contributed by atoms with Crippen LogP contribution in [0.1, 0.15) is 12.8 Å². The zero-order chi connectivity index (χ0) is 11.1. The Morgan fingerprint density at radius 2 is 1.56 bits per heavy atom. The molecule has 0 aromatic rings. The SMILES string of the molecule is C1=CCC(C2=CC=CC2)=C1.C=CC(=O)O.O. The Morgan fingerprint density at radius 1 is 1.19 bits per heavy atom. The van der Waals surface area contributed by atoms with Crippen LogP contribution in [0, 0.1) is 0 Å². The summed E-state index contributed by atoms with van der Waals surface area (Å²) < 4.78 is 0. The first kappa shape index (κ1) is 14.1. The minimum Gasteiger partial charge on any atom is -0.478 e. The number of aliphatic carboxylic acids is 1. The molecule has 0 aromatic carbocycles. The molecule has 2 aliphatic rings. The summed E-state index contributed by atoms with van der Waals surface area (Å²) >= 11 is 0. The minimum atomic E-state index is -0.981. The predicted molar refractivity (Wildman–Crippen MR) is 65.1 cm³/mol. The van der Waals surface area contributed by atoms with Gasteiger partial charge in [-0.2, -0.15) is 0 Å². The molecule has 0 spiro atoms. The summed E-state index contributed by atoms with van der Waals surface area (Å²) in [5.41, 5.74) is 2.98. The van der Waals surface area contributed by atoms with Gasteiger partial charge in [-0.1, -0.05) is 43.0 Å². The largest absolute Gasteiger partial charge is 0.478 e. The van der Waals surface area contributed by atoms with Gasteiger partial charge in [-0.3, -0.25) is 0 Å². The molecule has 3 nitrogen and oxygen atoms in total. The molecule has 0 aromatic heterocycles. The zero-order valence-electron chi connectivity index (χ0n) is 9.02. The van der Waals surface area contributed by atoms with Crippen molar-refractivity contribution >= 4 is 5.97 Å². The van der Waals surface area contributed by atoms with Crippen molar-refractivity contribution in [3.05, 3.63) is 60.3 Å². The standard InChI is InChI=1S/C10H10.C3H4O2.H2O/c1-2-6-9(5-1)10-7-3-4-8-10;1-2-3(4)5;/h1-5,7H,6,8H2;2H,1H2,(H,4,5);1H2. The van der Waals surface area contributed by atoms with Crippen molar-refractivity contribution in [2.24, 2.45) is 0 Å². The Labute approximate surface area is 95.1 Å². The molecule has 0 atom stereocenters. The molecule has 2 rings (SSSR count). The summed E-state index contributed by atoms with van der Waals surface area (Å²) in [7, 11) is 0. The number of carboxylic acid groups (broad SMARTS) is 1. The smallest absolute Gasteiger partial charge is 0.327 e. The molecule has 0 fully saturated rings. The molecule has 0 radical (unpaired) electrons. The average molecular weight is 220 g/mol. The lowest BCUT2D eigenvalue weighted by Crippen LogP contribution is -1.82. The number of hydrogen-bond acceptors (Lipinski definition) is 1. The van der Waals surface area contributed by atoms with Gasteiger partial charge in [0.1, 0.15) is 0 Å². The molecule has 16 heavy (non-hydrogen) atoms. The van der Waals surface area contributed by atoms with Gasteiger partial charge in [-0.05, 0) is 24.0 Å². The van der Waals surface area contributed by atoms with Crippen molar-refractivity contribution in [1.29, 1.82) is 0 Å². The highest BCUT2D eigenvalue weighted by atomic mass is 16.4. The van der Waals surface area contributed by atoms with Crippen molar-refractivity contribution in [2.45, 2.75) is 12.8 Å². The Kier molecular flexibility index (Phi) is 6.56. The minimum absolute atomic E-state index is 0. The van der Waals surface area contributed by atoms with E-state index in [1.54, 1.807) is 0 Å². The maximum absolute atomic E-state index is 9.25. The average Bonchev–Trinajstić information content (AvgIpc) is 2.90. The molecular weight excluding hydrogens is 204 g/mol. The van der Waals surface area contributed by atoms with Crippen molar-refractivity contribution < 1.29 is 15.4 Å². The van der Waals surface area contributed by atoms with Gasteiger partial charge in [-0.15, -0.1) is 0 Å². The third-order valence-corrected chi connectivity index (χ3v) is 2.13. The Bertz CT molecular complexity index is 343. The van der Waals surface area contributed by atoms with Gasteiger partial charge in [-0.25, -0.2) is 4.79 Å². The maximum Gasteiger partial charge on any atom is 0.327 e. The summed E-state index contributed by atoms with van der Waals surface area (Å²) in [5, 5.41) is 7.60. The van der Waals surface area contributed by atoms with Crippen LogP contribution < -0.4 is 0 Å². The molecule has 0 aliphatic heterocycles. The lowest BCUT2D eigenvalue weighted by molar-refractivity contribution is -0.131. The molecule has 0 unspecified atom stereocenters. The van der Waals surface area contributed by atoms with Crippen LogP contribution in [0.3, 0.4) is 0 Å². The number of hydrogen-bond donors (Lipinski definition) is 1. The second-order valence-electron chi connectivity index (χ2n) is 3.19.